The Morgan fingerprint density at radius 2 is 2.04 bits per heavy atom. The predicted molar refractivity (Wildman–Crippen MR) is 85.7 cm³/mol. The molecule has 0 unspecified atom stereocenters. The quantitative estimate of drug-likeness (QED) is 0.507. The zero-order valence-corrected chi connectivity index (χ0v) is 13.3. The van der Waals surface area contributed by atoms with Crippen molar-refractivity contribution in [2.75, 3.05) is 12.4 Å². The maximum Gasteiger partial charge on any atom is 0.337 e. The third kappa shape index (κ3) is 2.26. The molecule has 126 valence electrons. The lowest BCUT2D eigenvalue weighted by Crippen LogP contribution is -2.29. The Morgan fingerprint density at radius 3 is 2.76 bits per heavy atom. The fraction of sp³-hybridized carbons (Fsp3) is 0.200. The first-order chi connectivity index (χ1) is 12.1. The molecule has 10 nitrogen and oxygen atoms in total. The van der Waals surface area contributed by atoms with Gasteiger partial charge in [0.2, 0.25) is 5.95 Å². The number of aromatic amines is 1. The van der Waals surface area contributed by atoms with E-state index in [4.69, 9.17) is 4.74 Å². The van der Waals surface area contributed by atoms with E-state index in [9.17, 15) is 9.59 Å². The Balaban J connectivity index is 1.90. The molecule has 1 aromatic carbocycles. The van der Waals surface area contributed by atoms with Gasteiger partial charge in [-0.25, -0.2) is 9.89 Å². The van der Waals surface area contributed by atoms with E-state index in [2.05, 4.69) is 31.0 Å². The van der Waals surface area contributed by atoms with Crippen molar-refractivity contribution in [1.82, 2.24) is 30.4 Å². The van der Waals surface area contributed by atoms with Crippen LogP contribution in [0.4, 0.5) is 11.6 Å². The highest BCUT2D eigenvalue weighted by Crippen LogP contribution is 2.37. The van der Waals surface area contributed by atoms with Crippen LogP contribution in [0.2, 0.25) is 0 Å². The number of fused-ring (bicyclic) bond motifs is 2. The van der Waals surface area contributed by atoms with E-state index >= 15 is 0 Å². The molecule has 2 N–H and O–H groups in total. The Labute approximate surface area is 140 Å². The third-order valence-electron chi connectivity index (χ3n) is 4.11. The van der Waals surface area contributed by atoms with Crippen LogP contribution in [0.25, 0.3) is 0 Å². The molecule has 2 aromatic heterocycles. The van der Waals surface area contributed by atoms with E-state index in [1.54, 1.807) is 35.9 Å². The molecule has 0 radical (unpaired) electrons. The van der Waals surface area contributed by atoms with Crippen LogP contribution in [0.3, 0.4) is 0 Å². The number of carbonyl (C=O) groups is 1. The molecule has 10 heteroatoms. The van der Waals surface area contributed by atoms with Crippen molar-refractivity contribution >= 4 is 17.6 Å². The number of aryl methyl sites for hydroxylation is 1. The van der Waals surface area contributed by atoms with E-state index in [0.717, 1.165) is 5.56 Å². The molecular weight excluding hydrogens is 326 g/mol. The second kappa shape index (κ2) is 5.51. The van der Waals surface area contributed by atoms with Crippen molar-refractivity contribution < 1.29 is 9.53 Å². The Hall–Kier alpha value is -3.56. The lowest BCUT2D eigenvalue weighted by atomic mass is 9.94. The van der Waals surface area contributed by atoms with E-state index in [0.29, 0.717) is 28.5 Å². The van der Waals surface area contributed by atoms with Crippen LogP contribution in [-0.2, 0) is 4.74 Å². The lowest BCUT2D eigenvalue weighted by Gasteiger charge is -2.27. The zero-order valence-electron chi connectivity index (χ0n) is 13.3. The molecule has 0 aliphatic carbocycles. The molecule has 3 aromatic rings. The van der Waals surface area contributed by atoms with Gasteiger partial charge in [0.1, 0.15) is 11.7 Å². The minimum Gasteiger partial charge on any atom is -0.465 e. The molecule has 3 heterocycles. The number of benzene rings is 1. The summed E-state index contributed by atoms with van der Waals surface area (Å²) in [6.07, 6.45) is 0. The molecule has 0 amide bonds. The van der Waals surface area contributed by atoms with Gasteiger partial charge in [0.15, 0.2) is 0 Å². The van der Waals surface area contributed by atoms with Gasteiger partial charge in [0, 0.05) is 5.56 Å². The molecule has 1 aliphatic heterocycles. The molecule has 0 spiro atoms. The molecule has 0 fully saturated rings. The summed E-state index contributed by atoms with van der Waals surface area (Å²) < 4.78 is 6.29. The molecule has 25 heavy (non-hydrogen) atoms. The summed E-state index contributed by atoms with van der Waals surface area (Å²) in [4.78, 5) is 23.8. The fourth-order valence-corrected chi connectivity index (χ4v) is 2.92. The monoisotopic (exact) mass is 339 g/mol. The highest BCUT2D eigenvalue weighted by Gasteiger charge is 2.32. The zero-order chi connectivity index (χ0) is 17.6. The standard InChI is InChI=1S/C15H13N7O3/c1-7-10-11(13(23)18-17-7)16-15-19-20-21-22(15)12(10)8-3-5-9(6-4-8)14(24)25-2/h3-6,12H,1-2H3,(H,18,23)(H,16,19,21)/t12-/m1/s1. The second-order valence-electron chi connectivity index (χ2n) is 5.52. The van der Waals surface area contributed by atoms with Gasteiger partial charge in [-0.1, -0.05) is 17.2 Å². The van der Waals surface area contributed by atoms with Gasteiger partial charge in [0.25, 0.3) is 5.56 Å². The molecule has 0 bridgehead atoms. The van der Waals surface area contributed by atoms with Gasteiger partial charge in [-0.05, 0) is 35.0 Å². The van der Waals surface area contributed by atoms with Crippen LogP contribution >= 0.6 is 0 Å². The first-order valence-corrected chi connectivity index (χ1v) is 7.42. The molecule has 4 rings (SSSR count). The molecule has 1 aliphatic rings. The van der Waals surface area contributed by atoms with Crippen LogP contribution in [0.15, 0.2) is 29.1 Å². The second-order valence-corrected chi connectivity index (χ2v) is 5.52. The number of anilines is 2. The van der Waals surface area contributed by atoms with Crippen molar-refractivity contribution in [2.45, 2.75) is 13.0 Å². The number of nitrogens with one attached hydrogen (secondary N) is 2. The predicted octanol–water partition coefficient (Wildman–Crippen LogP) is 0.546. The first-order valence-electron chi connectivity index (χ1n) is 7.42. The number of H-pyrrole nitrogens is 1. The van der Waals surface area contributed by atoms with E-state index in [1.807, 2.05) is 0 Å². The summed E-state index contributed by atoms with van der Waals surface area (Å²) >= 11 is 0. The van der Waals surface area contributed by atoms with E-state index in [-0.39, 0.29) is 5.56 Å². The molecular formula is C15H13N7O3. The highest BCUT2D eigenvalue weighted by atomic mass is 16.5. The number of nitrogens with zero attached hydrogens (tertiary/aromatic N) is 5. The van der Waals surface area contributed by atoms with E-state index < -0.39 is 12.0 Å². The Bertz CT molecular complexity index is 1020. The third-order valence-corrected chi connectivity index (χ3v) is 4.11. The lowest BCUT2D eigenvalue weighted by molar-refractivity contribution is 0.0600. The van der Waals surface area contributed by atoms with Crippen LogP contribution in [0, 0.1) is 6.92 Å². The SMILES string of the molecule is COC(=O)c1ccc([C@@H]2c3c(C)n[nH]c(=O)c3Nc3nnnn32)cc1. The normalized spacial score (nSPS) is 15.0. The summed E-state index contributed by atoms with van der Waals surface area (Å²) in [5, 5.41) is 21.0. The van der Waals surface area contributed by atoms with Crippen LogP contribution < -0.4 is 10.9 Å². The van der Waals surface area contributed by atoms with Gasteiger partial charge in [-0.15, -0.1) is 0 Å². The number of hydrogen-bond acceptors (Lipinski definition) is 8. The number of ether oxygens (including phenoxy) is 1. The molecule has 0 saturated carbocycles. The van der Waals surface area contributed by atoms with Gasteiger partial charge >= 0.3 is 5.97 Å². The number of methoxy groups -OCH3 is 1. The Morgan fingerprint density at radius 1 is 1.28 bits per heavy atom. The van der Waals surface area contributed by atoms with Crippen molar-refractivity contribution in [2.24, 2.45) is 0 Å². The summed E-state index contributed by atoms with van der Waals surface area (Å²) in [6, 6.07) is 6.42. The van der Waals surface area contributed by atoms with Gasteiger partial charge in [-0.2, -0.15) is 9.78 Å². The number of carbonyl (C=O) groups excluding carboxylic acids is 1. The Kier molecular flexibility index (Phi) is 3.31. The number of esters is 1. The molecule has 0 saturated heterocycles. The average Bonchev–Trinajstić information content (AvgIpc) is 3.11. The average molecular weight is 339 g/mol. The summed E-state index contributed by atoms with van der Waals surface area (Å²) in [5.41, 5.74) is 2.56. The minimum atomic E-state index is -0.442. The van der Waals surface area contributed by atoms with Gasteiger partial charge < -0.3 is 10.1 Å². The minimum absolute atomic E-state index is 0.352. The maximum atomic E-state index is 12.2. The fourth-order valence-electron chi connectivity index (χ4n) is 2.92. The van der Waals surface area contributed by atoms with Gasteiger partial charge in [0.05, 0.1) is 18.4 Å². The van der Waals surface area contributed by atoms with Crippen molar-refractivity contribution in [3.8, 4) is 0 Å². The smallest absolute Gasteiger partial charge is 0.337 e. The van der Waals surface area contributed by atoms with Crippen LogP contribution in [0.5, 0.6) is 0 Å². The maximum absolute atomic E-state index is 12.2. The van der Waals surface area contributed by atoms with Crippen LogP contribution in [-0.4, -0.2) is 43.5 Å². The largest absolute Gasteiger partial charge is 0.465 e. The number of aromatic nitrogens is 6. The summed E-state index contributed by atoms with van der Waals surface area (Å²) in [5.74, 6) is -0.0692. The van der Waals surface area contributed by atoms with Crippen molar-refractivity contribution in [3.63, 3.8) is 0 Å². The summed E-state index contributed by atoms with van der Waals surface area (Å²) in [7, 11) is 1.33. The van der Waals surface area contributed by atoms with Crippen molar-refractivity contribution in [1.29, 1.82) is 0 Å². The highest BCUT2D eigenvalue weighted by molar-refractivity contribution is 5.89. The topological polar surface area (TPSA) is 128 Å². The number of hydrogen-bond donors (Lipinski definition) is 2. The van der Waals surface area contributed by atoms with Crippen LogP contribution in [0.1, 0.15) is 33.2 Å². The number of tetrazole rings is 1. The van der Waals surface area contributed by atoms with Crippen molar-refractivity contribution in [3.05, 3.63) is 57.0 Å². The molecule has 1 atom stereocenters. The summed E-state index contributed by atoms with van der Waals surface area (Å²) in [6.45, 7) is 1.79. The van der Waals surface area contributed by atoms with E-state index in [1.165, 1.54) is 7.11 Å². The van der Waals surface area contributed by atoms with Gasteiger partial charge in [-0.3, -0.25) is 4.79 Å². The number of rotatable bonds is 2. The first kappa shape index (κ1) is 15.0.